The molecular weight excluding hydrogens is 334 g/mol. The van der Waals surface area contributed by atoms with E-state index in [0.717, 1.165) is 0 Å². The Bertz CT molecular complexity index is 999. The molecule has 122 valence electrons. The molecule has 0 saturated carbocycles. The third kappa shape index (κ3) is 2.11. The van der Waals surface area contributed by atoms with E-state index in [1.54, 1.807) is 24.3 Å². The highest BCUT2D eigenvalue weighted by atomic mass is 32.2. The van der Waals surface area contributed by atoms with Crippen LogP contribution in [0.2, 0.25) is 0 Å². The molecule has 2 N–H and O–H groups in total. The summed E-state index contributed by atoms with van der Waals surface area (Å²) in [5.74, 6) is -1.09. The van der Waals surface area contributed by atoms with E-state index in [4.69, 9.17) is 9.29 Å². The van der Waals surface area contributed by atoms with Crippen LogP contribution in [0.15, 0.2) is 63.9 Å². The SMILES string of the molecule is O=C1C(O)=C2OC3C=CC(S(=O)(=O)O)=CC3N=C2c2ccccc21. The largest absolute Gasteiger partial charge is 0.501 e. The van der Waals surface area contributed by atoms with Gasteiger partial charge in [-0.1, -0.05) is 24.3 Å². The van der Waals surface area contributed by atoms with Gasteiger partial charge in [-0.15, -0.1) is 0 Å². The van der Waals surface area contributed by atoms with Crippen molar-refractivity contribution in [3.63, 3.8) is 0 Å². The minimum Gasteiger partial charge on any atom is -0.501 e. The molecule has 0 bridgehead atoms. The number of Topliss-reactive ketones (excluding diaryl/α,β-unsaturated/α-hetero) is 1. The van der Waals surface area contributed by atoms with Gasteiger partial charge in [0, 0.05) is 11.1 Å². The van der Waals surface area contributed by atoms with Crippen molar-refractivity contribution in [2.45, 2.75) is 12.1 Å². The molecule has 3 aliphatic rings. The van der Waals surface area contributed by atoms with Gasteiger partial charge in [-0.2, -0.15) is 8.42 Å². The lowest BCUT2D eigenvalue weighted by molar-refractivity contribution is 0.0919. The van der Waals surface area contributed by atoms with Crippen LogP contribution in [-0.4, -0.2) is 41.7 Å². The van der Waals surface area contributed by atoms with E-state index in [1.165, 1.54) is 18.2 Å². The van der Waals surface area contributed by atoms with Crippen LogP contribution in [0.1, 0.15) is 15.9 Å². The predicted molar refractivity (Wildman–Crippen MR) is 84.4 cm³/mol. The first-order valence-corrected chi connectivity index (χ1v) is 8.50. The summed E-state index contributed by atoms with van der Waals surface area (Å²) in [6, 6.07) is 5.94. The lowest BCUT2D eigenvalue weighted by Crippen LogP contribution is -2.38. The zero-order valence-corrected chi connectivity index (χ0v) is 12.9. The molecule has 0 saturated heterocycles. The summed E-state index contributed by atoms with van der Waals surface area (Å²) in [5, 5.41) is 10.1. The third-order valence-corrected chi connectivity index (χ3v) is 4.89. The standard InChI is InChI=1S/C16H11NO6S/c18-14-10-4-2-1-3-9(10)13-16(15(14)19)23-12-6-5-8(24(20,21)22)7-11(12)17-13/h1-7,11-12,19H,(H,20,21,22). The van der Waals surface area contributed by atoms with Crippen LogP contribution in [0, 0.1) is 0 Å². The predicted octanol–water partition coefficient (Wildman–Crippen LogP) is 1.55. The monoisotopic (exact) mass is 345 g/mol. The quantitative estimate of drug-likeness (QED) is 0.747. The molecule has 0 radical (unpaired) electrons. The van der Waals surface area contributed by atoms with Crippen LogP contribution in [0.4, 0.5) is 0 Å². The van der Waals surface area contributed by atoms with Gasteiger partial charge in [-0.3, -0.25) is 14.3 Å². The van der Waals surface area contributed by atoms with Crippen molar-refractivity contribution in [1.29, 1.82) is 0 Å². The van der Waals surface area contributed by atoms with Crippen molar-refractivity contribution < 1.29 is 27.6 Å². The van der Waals surface area contributed by atoms with E-state index in [9.17, 15) is 18.3 Å². The normalized spacial score (nSPS) is 25.1. The Morgan fingerprint density at radius 3 is 2.58 bits per heavy atom. The summed E-state index contributed by atoms with van der Waals surface area (Å²) in [6.45, 7) is 0. The molecule has 1 aliphatic heterocycles. The number of aliphatic hydroxyl groups is 1. The second-order valence-electron chi connectivity index (χ2n) is 5.51. The fourth-order valence-electron chi connectivity index (χ4n) is 2.89. The van der Waals surface area contributed by atoms with Gasteiger partial charge in [0.05, 0.1) is 4.91 Å². The first-order chi connectivity index (χ1) is 11.4. The Hall–Kier alpha value is -2.71. The number of carbonyl (C=O) groups excluding carboxylic acids is 1. The van der Waals surface area contributed by atoms with Gasteiger partial charge in [0.1, 0.15) is 17.9 Å². The maximum atomic E-state index is 12.2. The summed E-state index contributed by atoms with van der Waals surface area (Å²) in [4.78, 5) is 16.4. The van der Waals surface area contributed by atoms with Crippen LogP contribution >= 0.6 is 0 Å². The molecule has 2 unspecified atom stereocenters. The van der Waals surface area contributed by atoms with Crippen molar-refractivity contribution >= 4 is 21.6 Å². The first kappa shape index (κ1) is 14.9. The zero-order chi connectivity index (χ0) is 17.1. The highest BCUT2D eigenvalue weighted by Gasteiger charge is 2.39. The fourth-order valence-corrected chi connectivity index (χ4v) is 3.45. The van der Waals surface area contributed by atoms with Crippen LogP contribution in [0.25, 0.3) is 0 Å². The number of nitrogens with zero attached hydrogens (tertiary/aromatic N) is 1. The molecule has 1 aromatic rings. The second kappa shape index (κ2) is 4.89. The Morgan fingerprint density at radius 1 is 1.17 bits per heavy atom. The van der Waals surface area contributed by atoms with Gasteiger partial charge in [0.15, 0.2) is 5.76 Å². The van der Waals surface area contributed by atoms with Crippen molar-refractivity contribution in [2.75, 3.05) is 0 Å². The number of ketones is 1. The molecule has 2 aliphatic carbocycles. The van der Waals surface area contributed by atoms with Gasteiger partial charge in [0.25, 0.3) is 10.1 Å². The number of aliphatic imine (C=N–C) groups is 1. The molecule has 7 nitrogen and oxygen atoms in total. The topological polar surface area (TPSA) is 113 Å². The Balaban J connectivity index is 1.89. The number of hydrogen-bond acceptors (Lipinski definition) is 6. The highest BCUT2D eigenvalue weighted by Crippen LogP contribution is 2.34. The van der Waals surface area contributed by atoms with E-state index in [2.05, 4.69) is 4.99 Å². The molecule has 8 heteroatoms. The number of allylic oxidation sites excluding steroid dienone is 3. The lowest BCUT2D eigenvalue weighted by Gasteiger charge is -2.33. The van der Waals surface area contributed by atoms with Crippen LogP contribution in [0.3, 0.4) is 0 Å². The van der Waals surface area contributed by atoms with Gasteiger partial charge in [0.2, 0.25) is 11.5 Å². The number of carbonyl (C=O) groups is 1. The van der Waals surface area contributed by atoms with Crippen molar-refractivity contribution in [3.8, 4) is 0 Å². The molecule has 1 heterocycles. The first-order valence-electron chi connectivity index (χ1n) is 7.06. The molecule has 2 atom stereocenters. The van der Waals surface area contributed by atoms with Crippen LogP contribution < -0.4 is 0 Å². The molecule has 24 heavy (non-hydrogen) atoms. The fraction of sp³-hybridized carbons (Fsp3) is 0.125. The number of benzene rings is 1. The lowest BCUT2D eigenvalue weighted by atomic mass is 9.90. The minimum atomic E-state index is -4.35. The van der Waals surface area contributed by atoms with E-state index < -0.39 is 33.8 Å². The molecule has 0 fully saturated rings. The third-order valence-electron chi connectivity index (χ3n) is 4.02. The van der Waals surface area contributed by atoms with Crippen molar-refractivity contribution in [2.24, 2.45) is 4.99 Å². The number of aliphatic hydroxyl groups excluding tert-OH is 1. The summed E-state index contributed by atoms with van der Waals surface area (Å²) < 4.78 is 37.4. The maximum absolute atomic E-state index is 12.2. The van der Waals surface area contributed by atoms with Gasteiger partial charge >= 0.3 is 0 Å². The number of ether oxygens (including phenoxy) is 1. The number of rotatable bonds is 1. The summed E-state index contributed by atoms with van der Waals surface area (Å²) in [7, 11) is -4.35. The Labute approximate surface area is 137 Å². The van der Waals surface area contributed by atoms with Gasteiger partial charge in [-0.25, -0.2) is 0 Å². The molecule has 0 aromatic heterocycles. The average Bonchev–Trinajstić information content (AvgIpc) is 2.57. The second-order valence-corrected chi connectivity index (χ2v) is 6.93. The maximum Gasteiger partial charge on any atom is 0.294 e. The minimum absolute atomic E-state index is 0.0201. The van der Waals surface area contributed by atoms with Gasteiger partial charge in [-0.05, 0) is 18.2 Å². The van der Waals surface area contributed by atoms with Crippen molar-refractivity contribution in [1.82, 2.24) is 0 Å². The summed E-state index contributed by atoms with van der Waals surface area (Å²) >= 11 is 0. The van der Waals surface area contributed by atoms with E-state index >= 15 is 0 Å². The van der Waals surface area contributed by atoms with Crippen molar-refractivity contribution in [3.05, 3.63) is 70.0 Å². The van der Waals surface area contributed by atoms with Gasteiger partial charge < -0.3 is 9.84 Å². The number of fused-ring (bicyclic) bond motifs is 4. The average molecular weight is 345 g/mol. The van der Waals surface area contributed by atoms with Crippen LogP contribution in [0.5, 0.6) is 0 Å². The number of hydrogen-bond donors (Lipinski definition) is 2. The van der Waals surface area contributed by atoms with E-state index in [-0.39, 0.29) is 16.4 Å². The molecular formula is C16H11NO6S. The Kier molecular flexibility index (Phi) is 3.03. The molecule has 1 aromatic carbocycles. The molecule has 4 rings (SSSR count). The summed E-state index contributed by atoms with van der Waals surface area (Å²) in [5.41, 5.74) is 1.08. The molecule has 0 spiro atoms. The smallest absolute Gasteiger partial charge is 0.294 e. The zero-order valence-electron chi connectivity index (χ0n) is 12.1. The summed E-state index contributed by atoms with van der Waals surface area (Å²) in [6.07, 6.45) is 3.22. The van der Waals surface area contributed by atoms with E-state index in [0.29, 0.717) is 11.1 Å². The highest BCUT2D eigenvalue weighted by molar-refractivity contribution is 7.90. The molecule has 0 amide bonds. The van der Waals surface area contributed by atoms with Crippen LogP contribution in [-0.2, 0) is 14.9 Å². The Morgan fingerprint density at radius 2 is 1.88 bits per heavy atom. The van der Waals surface area contributed by atoms with E-state index in [1.807, 2.05) is 0 Å².